The zero-order valence-corrected chi connectivity index (χ0v) is 6.81. The average Bonchev–Trinajstić information content (AvgIpc) is 1.86. The maximum absolute atomic E-state index is 10.4. The van der Waals surface area contributed by atoms with E-state index in [2.05, 4.69) is 5.32 Å². The van der Waals surface area contributed by atoms with Crippen molar-refractivity contribution in [3.8, 4) is 0 Å². The Morgan fingerprint density at radius 1 is 1.70 bits per heavy atom. The van der Waals surface area contributed by atoms with Gasteiger partial charge >= 0.3 is 5.97 Å². The minimum absolute atomic E-state index is 0.0301. The predicted molar refractivity (Wildman–Crippen MR) is 39.8 cm³/mol. The summed E-state index contributed by atoms with van der Waals surface area (Å²) in [6.45, 7) is 4.15. The molecular formula is C7H15NO2. The third-order valence-electron chi connectivity index (χ3n) is 1.22. The van der Waals surface area contributed by atoms with Crippen LogP contribution >= 0.6 is 0 Å². The standard InChI is InChI=1S/C7H15NO2/c1-4-7(5-8-3)10-6(2)9/h7-8H,4-5H2,1-3H3. The molecule has 0 aromatic heterocycles. The molecular weight excluding hydrogens is 130 g/mol. The molecule has 3 heteroatoms. The van der Waals surface area contributed by atoms with E-state index < -0.39 is 0 Å². The second-order valence-corrected chi connectivity index (χ2v) is 2.20. The molecule has 0 heterocycles. The van der Waals surface area contributed by atoms with E-state index >= 15 is 0 Å². The van der Waals surface area contributed by atoms with Crippen LogP contribution in [0.15, 0.2) is 0 Å². The van der Waals surface area contributed by atoms with Crippen LogP contribution in [0.25, 0.3) is 0 Å². The summed E-state index contributed by atoms with van der Waals surface area (Å²) in [6, 6.07) is 0. The topological polar surface area (TPSA) is 38.3 Å². The fourth-order valence-electron chi connectivity index (χ4n) is 0.732. The van der Waals surface area contributed by atoms with Crippen LogP contribution in [0, 0.1) is 0 Å². The Morgan fingerprint density at radius 2 is 2.30 bits per heavy atom. The molecule has 0 rings (SSSR count). The SMILES string of the molecule is CCC(CNC)OC(C)=O. The molecule has 0 aliphatic heterocycles. The normalized spacial score (nSPS) is 12.7. The van der Waals surface area contributed by atoms with Crippen LogP contribution in [-0.4, -0.2) is 25.7 Å². The number of carbonyl (C=O) groups is 1. The van der Waals surface area contributed by atoms with E-state index in [0.717, 1.165) is 13.0 Å². The van der Waals surface area contributed by atoms with E-state index in [4.69, 9.17) is 4.74 Å². The van der Waals surface area contributed by atoms with Gasteiger partial charge in [0.2, 0.25) is 0 Å². The Kier molecular flexibility index (Phi) is 4.94. The summed E-state index contributed by atoms with van der Waals surface area (Å²) in [5, 5.41) is 2.95. The molecule has 0 radical (unpaired) electrons. The summed E-state index contributed by atoms with van der Waals surface area (Å²) in [5.41, 5.74) is 0. The summed E-state index contributed by atoms with van der Waals surface area (Å²) < 4.78 is 4.94. The first-order chi connectivity index (χ1) is 4.70. The van der Waals surface area contributed by atoms with Crippen molar-refractivity contribution in [2.75, 3.05) is 13.6 Å². The quantitative estimate of drug-likeness (QED) is 0.587. The van der Waals surface area contributed by atoms with Crippen LogP contribution in [0.5, 0.6) is 0 Å². The van der Waals surface area contributed by atoms with Crippen molar-refractivity contribution in [1.29, 1.82) is 0 Å². The number of ether oxygens (including phenoxy) is 1. The molecule has 0 saturated carbocycles. The molecule has 1 atom stereocenters. The van der Waals surface area contributed by atoms with Crippen molar-refractivity contribution in [2.45, 2.75) is 26.4 Å². The van der Waals surface area contributed by atoms with E-state index in [1.807, 2.05) is 14.0 Å². The highest BCUT2D eigenvalue weighted by atomic mass is 16.5. The molecule has 1 unspecified atom stereocenters. The highest BCUT2D eigenvalue weighted by molar-refractivity contribution is 5.66. The van der Waals surface area contributed by atoms with Crippen molar-refractivity contribution in [1.82, 2.24) is 5.32 Å². The number of likely N-dealkylation sites (N-methyl/N-ethyl adjacent to an activating group) is 1. The van der Waals surface area contributed by atoms with E-state index in [1.54, 1.807) is 0 Å². The first-order valence-electron chi connectivity index (χ1n) is 3.52. The van der Waals surface area contributed by atoms with Crippen molar-refractivity contribution < 1.29 is 9.53 Å². The number of rotatable bonds is 4. The number of hydrogen-bond acceptors (Lipinski definition) is 3. The van der Waals surface area contributed by atoms with Gasteiger partial charge < -0.3 is 10.1 Å². The summed E-state index contributed by atoms with van der Waals surface area (Å²) in [6.07, 6.45) is 0.892. The maximum Gasteiger partial charge on any atom is 0.302 e. The second kappa shape index (κ2) is 5.23. The number of carbonyl (C=O) groups excluding carboxylic acids is 1. The monoisotopic (exact) mass is 145 g/mol. The van der Waals surface area contributed by atoms with E-state index in [-0.39, 0.29) is 12.1 Å². The molecule has 0 amide bonds. The first-order valence-corrected chi connectivity index (χ1v) is 3.52. The Balaban J connectivity index is 3.49. The molecule has 0 aliphatic rings. The molecule has 0 aromatic rings. The molecule has 0 spiro atoms. The number of nitrogens with one attached hydrogen (secondary N) is 1. The van der Waals surface area contributed by atoms with Gasteiger partial charge in [-0.15, -0.1) is 0 Å². The van der Waals surface area contributed by atoms with Crippen LogP contribution in [0.2, 0.25) is 0 Å². The zero-order valence-electron chi connectivity index (χ0n) is 6.81. The van der Waals surface area contributed by atoms with Crippen LogP contribution in [0.4, 0.5) is 0 Å². The van der Waals surface area contributed by atoms with Crippen molar-refractivity contribution in [3.63, 3.8) is 0 Å². The molecule has 0 bridgehead atoms. The van der Waals surface area contributed by atoms with Gasteiger partial charge in [0.25, 0.3) is 0 Å². The van der Waals surface area contributed by atoms with Gasteiger partial charge in [-0.05, 0) is 13.5 Å². The van der Waals surface area contributed by atoms with Gasteiger partial charge in [-0.25, -0.2) is 0 Å². The molecule has 0 saturated heterocycles. The summed E-state index contributed by atoms with van der Waals surface area (Å²) in [7, 11) is 1.84. The van der Waals surface area contributed by atoms with Crippen molar-refractivity contribution in [3.05, 3.63) is 0 Å². The minimum Gasteiger partial charge on any atom is -0.461 e. The van der Waals surface area contributed by atoms with Crippen LogP contribution in [0.3, 0.4) is 0 Å². The minimum atomic E-state index is -0.206. The highest BCUT2D eigenvalue weighted by Gasteiger charge is 2.06. The second-order valence-electron chi connectivity index (χ2n) is 2.20. The Hall–Kier alpha value is -0.570. The third kappa shape index (κ3) is 4.32. The van der Waals surface area contributed by atoms with E-state index in [9.17, 15) is 4.79 Å². The molecule has 0 fully saturated rings. The number of esters is 1. The lowest BCUT2D eigenvalue weighted by Gasteiger charge is -2.13. The van der Waals surface area contributed by atoms with Crippen molar-refractivity contribution in [2.24, 2.45) is 0 Å². The predicted octanol–water partition coefficient (Wildman–Crippen LogP) is 0.547. The third-order valence-corrected chi connectivity index (χ3v) is 1.22. The van der Waals surface area contributed by atoms with Gasteiger partial charge in [-0.3, -0.25) is 4.79 Å². The number of hydrogen-bond donors (Lipinski definition) is 1. The first kappa shape index (κ1) is 9.43. The lowest BCUT2D eigenvalue weighted by atomic mass is 10.3. The van der Waals surface area contributed by atoms with Crippen LogP contribution < -0.4 is 5.32 Å². The Labute approximate surface area is 61.8 Å². The van der Waals surface area contributed by atoms with Gasteiger partial charge in [0.15, 0.2) is 0 Å². The maximum atomic E-state index is 10.4. The van der Waals surface area contributed by atoms with E-state index in [1.165, 1.54) is 6.92 Å². The lowest BCUT2D eigenvalue weighted by Crippen LogP contribution is -2.27. The largest absolute Gasteiger partial charge is 0.461 e. The molecule has 0 aromatic carbocycles. The van der Waals surface area contributed by atoms with Gasteiger partial charge in [-0.2, -0.15) is 0 Å². The Bertz CT molecular complexity index is 104. The fourth-order valence-corrected chi connectivity index (χ4v) is 0.732. The van der Waals surface area contributed by atoms with Gasteiger partial charge in [0.1, 0.15) is 6.10 Å². The van der Waals surface area contributed by atoms with Gasteiger partial charge in [-0.1, -0.05) is 6.92 Å². The summed E-state index contributed by atoms with van der Waals surface area (Å²) >= 11 is 0. The zero-order chi connectivity index (χ0) is 7.98. The molecule has 10 heavy (non-hydrogen) atoms. The lowest BCUT2D eigenvalue weighted by molar-refractivity contribution is -0.146. The Morgan fingerprint density at radius 3 is 2.60 bits per heavy atom. The van der Waals surface area contributed by atoms with Crippen molar-refractivity contribution >= 4 is 5.97 Å². The van der Waals surface area contributed by atoms with Gasteiger partial charge in [0.05, 0.1) is 0 Å². The van der Waals surface area contributed by atoms with Gasteiger partial charge in [0, 0.05) is 13.5 Å². The molecule has 3 nitrogen and oxygen atoms in total. The summed E-state index contributed by atoms with van der Waals surface area (Å²) in [5.74, 6) is -0.206. The molecule has 0 aliphatic carbocycles. The molecule has 60 valence electrons. The van der Waals surface area contributed by atoms with Crippen LogP contribution in [0.1, 0.15) is 20.3 Å². The van der Waals surface area contributed by atoms with E-state index in [0.29, 0.717) is 0 Å². The van der Waals surface area contributed by atoms with Crippen LogP contribution in [-0.2, 0) is 9.53 Å². The average molecular weight is 145 g/mol. The fraction of sp³-hybridized carbons (Fsp3) is 0.857. The highest BCUT2D eigenvalue weighted by Crippen LogP contribution is 1.95. The molecule has 1 N–H and O–H groups in total. The summed E-state index contributed by atoms with van der Waals surface area (Å²) in [4.78, 5) is 10.4. The smallest absolute Gasteiger partial charge is 0.302 e.